The first-order valence-corrected chi connectivity index (χ1v) is 6.22. The minimum Gasteiger partial charge on any atom is -0.484 e. The molecule has 0 spiro atoms. The molecule has 2 rings (SSSR count). The quantitative estimate of drug-likeness (QED) is 0.906. The lowest BCUT2D eigenvalue weighted by atomic mass is 9.88. The van der Waals surface area contributed by atoms with Crippen molar-refractivity contribution in [2.45, 2.75) is 38.0 Å². The lowest BCUT2D eigenvalue weighted by Gasteiger charge is -2.40. The number of ether oxygens (including phenoxy) is 3. The fourth-order valence-corrected chi connectivity index (χ4v) is 2.00. The number of hydrogen-bond acceptors (Lipinski definition) is 4. The summed E-state index contributed by atoms with van der Waals surface area (Å²) < 4.78 is 51.4. The van der Waals surface area contributed by atoms with E-state index in [9.17, 15) is 18.3 Å². The molecule has 1 aliphatic carbocycles. The molecule has 0 saturated heterocycles. The van der Waals surface area contributed by atoms with Gasteiger partial charge in [0.1, 0.15) is 12.2 Å². The topological polar surface area (TPSA) is 47.9 Å². The number of aliphatic hydroxyl groups is 1. The van der Waals surface area contributed by atoms with Crippen molar-refractivity contribution in [1.82, 2.24) is 0 Å². The first-order valence-electron chi connectivity index (χ1n) is 6.22. The summed E-state index contributed by atoms with van der Waals surface area (Å²) in [5, 5.41) is 9.53. The van der Waals surface area contributed by atoms with Crippen molar-refractivity contribution in [3.8, 4) is 11.5 Å². The highest BCUT2D eigenvalue weighted by atomic mass is 19.4. The molecule has 3 unspecified atom stereocenters. The Labute approximate surface area is 114 Å². The highest BCUT2D eigenvalue weighted by Gasteiger charge is 2.43. The molecule has 20 heavy (non-hydrogen) atoms. The van der Waals surface area contributed by atoms with Gasteiger partial charge in [-0.15, -0.1) is 13.2 Å². The molecule has 0 bridgehead atoms. The van der Waals surface area contributed by atoms with Gasteiger partial charge in [0, 0.05) is 13.0 Å². The van der Waals surface area contributed by atoms with Crippen molar-refractivity contribution >= 4 is 0 Å². The second-order valence-electron chi connectivity index (χ2n) is 4.37. The number of hydrogen-bond donors (Lipinski definition) is 1. The van der Waals surface area contributed by atoms with E-state index in [0.717, 1.165) is 0 Å². The van der Waals surface area contributed by atoms with Crippen LogP contribution in [-0.4, -0.2) is 36.4 Å². The van der Waals surface area contributed by atoms with Crippen molar-refractivity contribution in [2.24, 2.45) is 0 Å². The van der Waals surface area contributed by atoms with E-state index in [0.29, 0.717) is 13.0 Å². The summed E-state index contributed by atoms with van der Waals surface area (Å²) in [5.74, 6) is -0.428. The molecule has 0 radical (unpaired) electrons. The van der Waals surface area contributed by atoms with E-state index in [-0.39, 0.29) is 5.75 Å². The van der Waals surface area contributed by atoms with Crippen molar-refractivity contribution in [1.29, 1.82) is 0 Å². The number of para-hydroxylation sites is 2. The molecule has 1 aliphatic rings. The van der Waals surface area contributed by atoms with Crippen molar-refractivity contribution in [3.05, 3.63) is 24.3 Å². The van der Waals surface area contributed by atoms with Gasteiger partial charge in [-0.1, -0.05) is 12.1 Å². The van der Waals surface area contributed by atoms with E-state index in [2.05, 4.69) is 4.74 Å². The molecule has 1 aromatic rings. The van der Waals surface area contributed by atoms with Crippen LogP contribution < -0.4 is 9.47 Å². The average molecular weight is 292 g/mol. The van der Waals surface area contributed by atoms with Gasteiger partial charge in [-0.2, -0.15) is 0 Å². The van der Waals surface area contributed by atoms with Crippen LogP contribution in [0.2, 0.25) is 0 Å². The zero-order valence-electron chi connectivity index (χ0n) is 10.8. The fraction of sp³-hybridized carbons (Fsp3) is 0.538. The molecule has 4 nitrogen and oxygen atoms in total. The molecule has 0 aliphatic heterocycles. The Kier molecular flexibility index (Phi) is 4.39. The lowest BCUT2D eigenvalue weighted by Crippen LogP contribution is -2.55. The zero-order chi connectivity index (χ0) is 14.8. The molecular formula is C13H15F3O4. The number of halogens is 3. The van der Waals surface area contributed by atoms with Gasteiger partial charge in [-0.25, -0.2) is 0 Å². The van der Waals surface area contributed by atoms with E-state index in [1.54, 1.807) is 13.0 Å². The van der Waals surface area contributed by atoms with Gasteiger partial charge in [-0.3, -0.25) is 0 Å². The highest BCUT2D eigenvalue weighted by molar-refractivity contribution is 5.40. The number of benzene rings is 1. The van der Waals surface area contributed by atoms with Crippen LogP contribution in [0.25, 0.3) is 0 Å². The van der Waals surface area contributed by atoms with Crippen LogP contribution in [0.3, 0.4) is 0 Å². The second kappa shape index (κ2) is 5.88. The van der Waals surface area contributed by atoms with Crippen LogP contribution in [0, 0.1) is 0 Å². The summed E-state index contributed by atoms with van der Waals surface area (Å²) >= 11 is 0. The molecule has 0 amide bonds. The van der Waals surface area contributed by atoms with Gasteiger partial charge < -0.3 is 19.3 Å². The molecule has 1 saturated carbocycles. The van der Waals surface area contributed by atoms with E-state index in [1.807, 2.05) is 0 Å². The summed E-state index contributed by atoms with van der Waals surface area (Å²) in [6, 6.07) is 5.52. The van der Waals surface area contributed by atoms with Crippen LogP contribution >= 0.6 is 0 Å². The summed E-state index contributed by atoms with van der Waals surface area (Å²) in [6.45, 7) is 2.16. The number of aliphatic hydroxyl groups excluding tert-OH is 1. The van der Waals surface area contributed by atoms with Gasteiger partial charge >= 0.3 is 6.36 Å². The minimum atomic E-state index is -4.78. The fourth-order valence-electron chi connectivity index (χ4n) is 2.00. The maximum atomic E-state index is 12.3. The van der Waals surface area contributed by atoms with Gasteiger partial charge in [0.2, 0.25) is 0 Å². The third-order valence-corrected chi connectivity index (χ3v) is 2.93. The number of alkyl halides is 3. The van der Waals surface area contributed by atoms with E-state index in [1.165, 1.54) is 18.2 Å². The molecule has 3 atom stereocenters. The van der Waals surface area contributed by atoms with Crippen molar-refractivity contribution in [2.75, 3.05) is 6.61 Å². The molecule has 0 aromatic heterocycles. The predicted molar refractivity (Wildman–Crippen MR) is 63.6 cm³/mol. The largest absolute Gasteiger partial charge is 0.573 e. The Morgan fingerprint density at radius 2 is 1.90 bits per heavy atom. The Bertz CT molecular complexity index is 449. The summed E-state index contributed by atoms with van der Waals surface area (Å²) in [7, 11) is 0. The summed E-state index contributed by atoms with van der Waals surface area (Å²) in [5.41, 5.74) is 0. The average Bonchev–Trinajstić information content (AvgIpc) is 2.36. The summed E-state index contributed by atoms with van der Waals surface area (Å²) in [6.07, 6.45) is -6.14. The normalized spacial score (nSPS) is 25.9. The Balaban J connectivity index is 2.06. The number of rotatable bonds is 5. The highest BCUT2D eigenvalue weighted by Crippen LogP contribution is 2.36. The Morgan fingerprint density at radius 3 is 2.45 bits per heavy atom. The maximum Gasteiger partial charge on any atom is 0.573 e. The van der Waals surface area contributed by atoms with E-state index < -0.39 is 30.4 Å². The molecular weight excluding hydrogens is 277 g/mol. The smallest absolute Gasteiger partial charge is 0.484 e. The van der Waals surface area contributed by atoms with Gasteiger partial charge in [0.15, 0.2) is 11.5 Å². The van der Waals surface area contributed by atoms with Crippen molar-refractivity contribution < 1.29 is 32.5 Å². The Hall–Kier alpha value is -1.47. The van der Waals surface area contributed by atoms with Gasteiger partial charge in [0.25, 0.3) is 0 Å². The van der Waals surface area contributed by atoms with Crippen LogP contribution in [0.15, 0.2) is 24.3 Å². The van der Waals surface area contributed by atoms with E-state index >= 15 is 0 Å². The standard InChI is InChI=1S/C13H15F3O4/c1-2-18-12-8(17)7-11(12)19-9-5-3-4-6-10(9)20-13(14,15)16/h3-6,8,11-12,17H,2,7H2,1H3. The molecule has 7 heteroatoms. The van der Waals surface area contributed by atoms with Crippen LogP contribution in [0.5, 0.6) is 11.5 Å². The third-order valence-electron chi connectivity index (χ3n) is 2.93. The Morgan fingerprint density at radius 1 is 1.25 bits per heavy atom. The molecule has 1 aromatic carbocycles. The molecule has 0 heterocycles. The molecule has 1 N–H and O–H groups in total. The van der Waals surface area contributed by atoms with Crippen LogP contribution in [0.1, 0.15) is 13.3 Å². The minimum absolute atomic E-state index is 0.0218. The van der Waals surface area contributed by atoms with Crippen LogP contribution in [0.4, 0.5) is 13.2 Å². The zero-order valence-corrected chi connectivity index (χ0v) is 10.8. The van der Waals surface area contributed by atoms with Gasteiger partial charge in [0.05, 0.1) is 6.10 Å². The van der Waals surface area contributed by atoms with Crippen molar-refractivity contribution in [3.63, 3.8) is 0 Å². The first kappa shape index (κ1) is 14.9. The third kappa shape index (κ3) is 3.55. The van der Waals surface area contributed by atoms with Gasteiger partial charge in [-0.05, 0) is 19.1 Å². The van der Waals surface area contributed by atoms with Crippen LogP contribution in [-0.2, 0) is 4.74 Å². The van der Waals surface area contributed by atoms with E-state index in [4.69, 9.17) is 9.47 Å². The maximum absolute atomic E-state index is 12.3. The summed E-state index contributed by atoms with van der Waals surface area (Å²) in [4.78, 5) is 0. The monoisotopic (exact) mass is 292 g/mol. The molecule has 1 fully saturated rings. The predicted octanol–water partition coefficient (Wildman–Crippen LogP) is 2.50. The lowest BCUT2D eigenvalue weighted by molar-refractivity contribution is -0.275. The second-order valence-corrected chi connectivity index (χ2v) is 4.37. The SMILES string of the molecule is CCOC1C(O)CC1Oc1ccccc1OC(F)(F)F. The molecule has 112 valence electrons. The first-order chi connectivity index (χ1) is 9.40.